The van der Waals surface area contributed by atoms with Crippen molar-refractivity contribution in [3.63, 3.8) is 0 Å². The first-order valence-corrected chi connectivity index (χ1v) is 7.39. The van der Waals surface area contributed by atoms with Crippen LogP contribution in [0.1, 0.15) is 20.8 Å². The molecule has 1 amide bonds. The topological polar surface area (TPSA) is 89.0 Å². The maximum absolute atomic E-state index is 11.5. The molecule has 0 saturated carbocycles. The van der Waals surface area contributed by atoms with Crippen molar-refractivity contribution in [3.05, 3.63) is 36.7 Å². The lowest BCUT2D eigenvalue weighted by Gasteiger charge is -2.19. The third-order valence-electron chi connectivity index (χ3n) is 2.66. The summed E-state index contributed by atoms with van der Waals surface area (Å²) in [4.78, 5) is 24.3. The number of nitrogens with zero attached hydrogens (tertiary/aromatic N) is 3. The summed E-state index contributed by atoms with van der Waals surface area (Å²) in [5, 5.41) is 5.72. The summed E-state index contributed by atoms with van der Waals surface area (Å²) in [7, 11) is 0. The molecule has 0 atom stereocenters. The highest BCUT2D eigenvalue weighted by molar-refractivity contribution is 5.67. The van der Waals surface area contributed by atoms with E-state index in [-0.39, 0.29) is 0 Å². The number of carbonyl (C=O) groups is 1. The molecule has 0 unspecified atom stereocenters. The van der Waals surface area contributed by atoms with Crippen LogP contribution in [0.3, 0.4) is 0 Å². The van der Waals surface area contributed by atoms with E-state index in [1.54, 1.807) is 18.5 Å². The van der Waals surface area contributed by atoms with E-state index in [4.69, 9.17) is 4.74 Å². The molecule has 0 aliphatic rings. The Bertz CT molecular complexity index is 640. The Morgan fingerprint density at radius 3 is 2.61 bits per heavy atom. The van der Waals surface area contributed by atoms with E-state index in [0.717, 1.165) is 11.4 Å². The zero-order valence-electron chi connectivity index (χ0n) is 13.5. The van der Waals surface area contributed by atoms with Crippen LogP contribution in [0.2, 0.25) is 0 Å². The smallest absolute Gasteiger partial charge is 0.407 e. The second-order valence-electron chi connectivity index (χ2n) is 5.84. The van der Waals surface area contributed by atoms with Crippen LogP contribution in [0.25, 0.3) is 11.4 Å². The van der Waals surface area contributed by atoms with E-state index in [9.17, 15) is 4.79 Å². The fraction of sp³-hybridized carbons (Fsp3) is 0.375. The van der Waals surface area contributed by atoms with Gasteiger partial charge >= 0.3 is 6.09 Å². The number of ether oxygens (including phenoxy) is 1. The second kappa shape index (κ2) is 7.53. The van der Waals surface area contributed by atoms with Gasteiger partial charge in [-0.3, -0.25) is 4.98 Å². The number of amides is 1. The van der Waals surface area contributed by atoms with Gasteiger partial charge in [-0.05, 0) is 39.0 Å². The van der Waals surface area contributed by atoms with Crippen LogP contribution in [-0.4, -0.2) is 39.7 Å². The number of rotatable bonds is 5. The number of hydrogen-bond donors (Lipinski definition) is 2. The minimum atomic E-state index is -0.502. The lowest BCUT2D eigenvalue weighted by atomic mass is 10.2. The van der Waals surface area contributed by atoms with Crippen LogP contribution in [0.5, 0.6) is 0 Å². The fourth-order valence-corrected chi connectivity index (χ4v) is 1.75. The number of anilines is 1. The molecule has 2 aromatic heterocycles. The van der Waals surface area contributed by atoms with Crippen molar-refractivity contribution in [2.24, 2.45) is 0 Å². The predicted octanol–water partition coefficient (Wildman–Crippen LogP) is 2.48. The minimum absolute atomic E-state index is 0.409. The molecule has 2 aromatic rings. The Morgan fingerprint density at radius 1 is 1.09 bits per heavy atom. The van der Waals surface area contributed by atoms with E-state index in [0.29, 0.717) is 19.0 Å². The number of alkyl carbamates (subject to hydrolysis) is 1. The molecule has 0 aliphatic carbocycles. The number of hydrogen-bond acceptors (Lipinski definition) is 6. The standard InChI is InChI=1S/C16H21N5O2/c1-16(2,3)23-15(22)20-11-10-19-14-18-9-7-13(21-14)12-6-4-5-8-17-12/h4-9H,10-11H2,1-3H3,(H,20,22)(H,18,19,21). The molecule has 0 radical (unpaired) electrons. The molecule has 2 heterocycles. The van der Waals surface area contributed by atoms with Crippen molar-refractivity contribution < 1.29 is 9.53 Å². The van der Waals surface area contributed by atoms with Gasteiger partial charge < -0.3 is 15.4 Å². The quantitative estimate of drug-likeness (QED) is 0.824. The van der Waals surface area contributed by atoms with Gasteiger partial charge in [-0.2, -0.15) is 0 Å². The normalized spacial score (nSPS) is 10.9. The molecule has 7 heteroatoms. The van der Waals surface area contributed by atoms with Crippen molar-refractivity contribution in [1.29, 1.82) is 0 Å². The molecule has 0 aliphatic heterocycles. The largest absolute Gasteiger partial charge is 0.444 e. The monoisotopic (exact) mass is 315 g/mol. The SMILES string of the molecule is CC(C)(C)OC(=O)NCCNc1nccc(-c2ccccn2)n1. The number of pyridine rings is 1. The van der Waals surface area contributed by atoms with Crippen LogP contribution < -0.4 is 10.6 Å². The molecule has 2 rings (SSSR count). The Kier molecular flexibility index (Phi) is 5.46. The van der Waals surface area contributed by atoms with Crippen LogP contribution >= 0.6 is 0 Å². The number of nitrogens with one attached hydrogen (secondary N) is 2. The molecule has 0 saturated heterocycles. The van der Waals surface area contributed by atoms with E-state index < -0.39 is 11.7 Å². The summed E-state index contributed by atoms with van der Waals surface area (Å²) < 4.78 is 5.15. The Morgan fingerprint density at radius 2 is 1.91 bits per heavy atom. The summed E-state index contributed by atoms with van der Waals surface area (Å²) >= 11 is 0. The fourth-order valence-electron chi connectivity index (χ4n) is 1.75. The van der Waals surface area contributed by atoms with Crippen molar-refractivity contribution in [2.75, 3.05) is 18.4 Å². The highest BCUT2D eigenvalue weighted by atomic mass is 16.6. The second-order valence-corrected chi connectivity index (χ2v) is 5.84. The average Bonchev–Trinajstić information content (AvgIpc) is 2.51. The van der Waals surface area contributed by atoms with Gasteiger partial charge in [0.1, 0.15) is 5.60 Å². The van der Waals surface area contributed by atoms with Gasteiger partial charge in [0, 0.05) is 25.5 Å². The van der Waals surface area contributed by atoms with Gasteiger partial charge in [0.2, 0.25) is 5.95 Å². The molecule has 2 N–H and O–H groups in total. The molecule has 0 spiro atoms. The van der Waals surface area contributed by atoms with Gasteiger partial charge in [0.05, 0.1) is 11.4 Å². The van der Waals surface area contributed by atoms with E-state index in [1.807, 2.05) is 39.0 Å². The maximum atomic E-state index is 11.5. The Hall–Kier alpha value is -2.70. The average molecular weight is 315 g/mol. The third kappa shape index (κ3) is 5.90. The lowest BCUT2D eigenvalue weighted by molar-refractivity contribution is 0.0530. The summed E-state index contributed by atoms with van der Waals surface area (Å²) in [6.45, 7) is 6.36. The molecule has 122 valence electrons. The Balaban J connectivity index is 1.82. The van der Waals surface area contributed by atoms with E-state index in [2.05, 4.69) is 25.6 Å². The Labute approximate surface area is 135 Å². The van der Waals surface area contributed by atoms with Crippen LogP contribution in [0.15, 0.2) is 36.7 Å². The van der Waals surface area contributed by atoms with Gasteiger partial charge in [-0.15, -0.1) is 0 Å². The van der Waals surface area contributed by atoms with Gasteiger partial charge in [0.15, 0.2) is 0 Å². The van der Waals surface area contributed by atoms with Crippen molar-refractivity contribution >= 4 is 12.0 Å². The number of aromatic nitrogens is 3. The lowest BCUT2D eigenvalue weighted by Crippen LogP contribution is -2.35. The molecule has 23 heavy (non-hydrogen) atoms. The number of carbonyl (C=O) groups excluding carboxylic acids is 1. The van der Waals surface area contributed by atoms with Crippen molar-refractivity contribution in [1.82, 2.24) is 20.3 Å². The summed E-state index contributed by atoms with van der Waals surface area (Å²) in [5.74, 6) is 0.485. The minimum Gasteiger partial charge on any atom is -0.444 e. The molecular formula is C16H21N5O2. The third-order valence-corrected chi connectivity index (χ3v) is 2.66. The highest BCUT2D eigenvalue weighted by Crippen LogP contribution is 2.13. The van der Waals surface area contributed by atoms with Gasteiger partial charge in [0.25, 0.3) is 0 Å². The molecule has 7 nitrogen and oxygen atoms in total. The van der Waals surface area contributed by atoms with E-state index in [1.165, 1.54) is 0 Å². The first-order chi connectivity index (χ1) is 10.9. The van der Waals surface area contributed by atoms with Gasteiger partial charge in [-0.25, -0.2) is 14.8 Å². The summed E-state index contributed by atoms with van der Waals surface area (Å²) in [6, 6.07) is 7.44. The molecular weight excluding hydrogens is 294 g/mol. The first-order valence-electron chi connectivity index (χ1n) is 7.39. The van der Waals surface area contributed by atoms with Crippen LogP contribution in [-0.2, 0) is 4.74 Å². The maximum Gasteiger partial charge on any atom is 0.407 e. The molecule has 0 aromatic carbocycles. The predicted molar refractivity (Wildman–Crippen MR) is 88.0 cm³/mol. The van der Waals surface area contributed by atoms with Crippen molar-refractivity contribution in [3.8, 4) is 11.4 Å². The van der Waals surface area contributed by atoms with Crippen molar-refractivity contribution in [2.45, 2.75) is 26.4 Å². The summed E-state index contributed by atoms with van der Waals surface area (Å²) in [5.41, 5.74) is 1.02. The van der Waals surface area contributed by atoms with Crippen LogP contribution in [0.4, 0.5) is 10.7 Å². The zero-order valence-corrected chi connectivity index (χ0v) is 13.5. The molecule has 0 bridgehead atoms. The highest BCUT2D eigenvalue weighted by Gasteiger charge is 2.15. The first kappa shape index (κ1) is 16.7. The van der Waals surface area contributed by atoms with Crippen LogP contribution in [0, 0.1) is 0 Å². The van der Waals surface area contributed by atoms with Gasteiger partial charge in [-0.1, -0.05) is 6.07 Å². The molecule has 0 fully saturated rings. The van der Waals surface area contributed by atoms with E-state index >= 15 is 0 Å². The zero-order chi connectivity index (χ0) is 16.7. The summed E-state index contributed by atoms with van der Waals surface area (Å²) in [6.07, 6.45) is 2.94.